The number of aromatic nitrogens is 2. The molecule has 0 spiro atoms. The molecule has 32 heavy (non-hydrogen) atoms. The zero-order valence-corrected chi connectivity index (χ0v) is 17.4. The van der Waals surface area contributed by atoms with Gasteiger partial charge in [-0.3, -0.25) is 9.59 Å². The molecule has 0 radical (unpaired) electrons. The fraction of sp³-hybridized carbons (Fsp3) is 0.292. The van der Waals surface area contributed by atoms with E-state index in [9.17, 15) is 9.59 Å². The number of ether oxygens (including phenoxy) is 2. The fourth-order valence-corrected chi connectivity index (χ4v) is 4.97. The molecule has 2 aromatic heterocycles. The third-order valence-corrected chi connectivity index (χ3v) is 6.44. The molecule has 1 N–H and O–H groups in total. The molecule has 2 bridgehead atoms. The molecule has 0 aliphatic carbocycles. The summed E-state index contributed by atoms with van der Waals surface area (Å²) in [4.78, 5) is 31.7. The molecule has 0 saturated carbocycles. The van der Waals surface area contributed by atoms with Crippen molar-refractivity contribution in [3.8, 4) is 11.5 Å². The summed E-state index contributed by atoms with van der Waals surface area (Å²) in [6, 6.07) is 14.5. The maximum Gasteiger partial charge on any atom is 0.255 e. The number of carbonyl (C=O) groups excluding carboxylic acids is 1. The molecule has 1 amide bonds. The van der Waals surface area contributed by atoms with Gasteiger partial charge in [-0.15, -0.1) is 0 Å². The Morgan fingerprint density at radius 1 is 1.03 bits per heavy atom. The maximum atomic E-state index is 12.6. The Balaban J connectivity index is 1.16. The molecule has 1 saturated heterocycles. The van der Waals surface area contributed by atoms with Gasteiger partial charge < -0.3 is 24.3 Å². The molecule has 2 unspecified atom stereocenters. The van der Waals surface area contributed by atoms with Crippen LogP contribution in [0.1, 0.15) is 28.4 Å². The number of pyridine rings is 2. The summed E-state index contributed by atoms with van der Waals surface area (Å²) >= 11 is 0. The third-order valence-electron chi connectivity index (χ3n) is 6.44. The predicted molar refractivity (Wildman–Crippen MR) is 119 cm³/mol. The van der Waals surface area contributed by atoms with Crippen LogP contribution >= 0.6 is 0 Å². The summed E-state index contributed by atoms with van der Waals surface area (Å²) in [5.74, 6) is 2.62. The highest BCUT2D eigenvalue weighted by Crippen LogP contribution is 2.36. The number of nitrogens with zero attached hydrogens (tertiary/aromatic N) is 3. The van der Waals surface area contributed by atoms with Crippen molar-refractivity contribution in [2.24, 2.45) is 5.92 Å². The number of carbonyl (C=O) groups is 1. The van der Waals surface area contributed by atoms with Crippen molar-refractivity contribution < 1.29 is 14.3 Å². The van der Waals surface area contributed by atoms with Gasteiger partial charge in [0.05, 0.1) is 11.9 Å². The van der Waals surface area contributed by atoms with Gasteiger partial charge in [0, 0.05) is 42.9 Å². The molecule has 6 rings (SSSR count). The SMILES string of the molecule is O=C(Nc1ccc(N2CC3CC(C2)c2cccc(=O)n2C3)nc1)c1ccc2c(c1)OCO2. The van der Waals surface area contributed by atoms with E-state index in [0.29, 0.717) is 34.6 Å². The number of piperidine rings is 1. The number of rotatable bonds is 3. The molecule has 1 aromatic carbocycles. The molecule has 1 fully saturated rings. The van der Waals surface area contributed by atoms with Crippen LogP contribution in [-0.4, -0.2) is 35.3 Å². The Labute approximate surface area is 184 Å². The molecule has 3 aliphatic rings. The van der Waals surface area contributed by atoms with Gasteiger partial charge in [0.25, 0.3) is 11.5 Å². The number of nitrogens with one attached hydrogen (secondary N) is 1. The van der Waals surface area contributed by atoms with Crippen molar-refractivity contribution >= 4 is 17.4 Å². The summed E-state index contributed by atoms with van der Waals surface area (Å²) < 4.78 is 12.6. The summed E-state index contributed by atoms with van der Waals surface area (Å²) in [7, 11) is 0. The lowest BCUT2D eigenvalue weighted by atomic mass is 9.83. The van der Waals surface area contributed by atoms with Gasteiger partial charge in [-0.25, -0.2) is 4.98 Å². The quantitative estimate of drug-likeness (QED) is 0.688. The summed E-state index contributed by atoms with van der Waals surface area (Å²) in [6.07, 6.45) is 2.78. The standard InChI is InChI=1S/C24H22N4O4/c29-23-3-1-2-19-17-8-15(12-28(19)23)11-27(13-17)22-7-5-18(10-25-22)26-24(30)16-4-6-20-21(9-16)32-14-31-20/h1-7,9-10,15,17H,8,11-14H2,(H,26,30). The predicted octanol–water partition coefficient (Wildman–Crippen LogP) is 2.85. The monoisotopic (exact) mass is 430 g/mol. The van der Waals surface area contributed by atoms with Gasteiger partial charge in [0.2, 0.25) is 6.79 Å². The zero-order chi connectivity index (χ0) is 21.7. The second-order valence-corrected chi connectivity index (χ2v) is 8.53. The molecule has 162 valence electrons. The number of amides is 1. The molecule has 3 aromatic rings. The van der Waals surface area contributed by atoms with E-state index in [1.807, 2.05) is 22.8 Å². The Morgan fingerprint density at radius 2 is 1.94 bits per heavy atom. The number of hydrogen-bond acceptors (Lipinski definition) is 6. The molecular formula is C24H22N4O4. The zero-order valence-electron chi connectivity index (χ0n) is 17.4. The van der Waals surface area contributed by atoms with Gasteiger partial charge in [-0.1, -0.05) is 6.07 Å². The lowest BCUT2D eigenvalue weighted by Crippen LogP contribution is -2.47. The van der Waals surface area contributed by atoms with Crippen LogP contribution in [0.2, 0.25) is 0 Å². The fourth-order valence-electron chi connectivity index (χ4n) is 4.97. The molecule has 8 nitrogen and oxygen atoms in total. The first-order valence-corrected chi connectivity index (χ1v) is 10.8. The number of anilines is 2. The lowest BCUT2D eigenvalue weighted by Gasteiger charge is -2.43. The minimum Gasteiger partial charge on any atom is -0.454 e. The van der Waals surface area contributed by atoms with Crippen LogP contribution in [0.5, 0.6) is 11.5 Å². The molecule has 3 aliphatic heterocycles. The van der Waals surface area contributed by atoms with Crippen molar-refractivity contribution in [3.63, 3.8) is 0 Å². The van der Waals surface area contributed by atoms with Gasteiger partial charge in [0.1, 0.15) is 5.82 Å². The van der Waals surface area contributed by atoms with E-state index in [1.54, 1.807) is 30.5 Å². The van der Waals surface area contributed by atoms with Crippen molar-refractivity contribution in [1.82, 2.24) is 9.55 Å². The largest absolute Gasteiger partial charge is 0.454 e. The average Bonchev–Trinajstić information content (AvgIpc) is 3.28. The first-order valence-electron chi connectivity index (χ1n) is 10.8. The Hall–Kier alpha value is -3.81. The summed E-state index contributed by atoms with van der Waals surface area (Å²) in [5, 5.41) is 2.88. The van der Waals surface area contributed by atoms with Gasteiger partial charge in [-0.2, -0.15) is 0 Å². The van der Waals surface area contributed by atoms with E-state index in [0.717, 1.165) is 37.6 Å². The van der Waals surface area contributed by atoms with Crippen molar-refractivity contribution in [3.05, 3.63) is 76.3 Å². The van der Waals surface area contributed by atoms with Crippen LogP contribution in [0.25, 0.3) is 0 Å². The van der Waals surface area contributed by atoms with Crippen molar-refractivity contribution in [1.29, 1.82) is 0 Å². The molecule has 8 heteroatoms. The molecular weight excluding hydrogens is 408 g/mol. The molecule has 5 heterocycles. The number of benzene rings is 1. The first kappa shape index (κ1) is 18.9. The second-order valence-electron chi connectivity index (χ2n) is 8.53. The van der Waals surface area contributed by atoms with Crippen LogP contribution < -0.4 is 25.2 Å². The van der Waals surface area contributed by atoms with E-state index >= 15 is 0 Å². The normalized spacial score (nSPS) is 20.6. The molecule has 2 atom stereocenters. The highest BCUT2D eigenvalue weighted by atomic mass is 16.7. The lowest BCUT2D eigenvalue weighted by molar-refractivity contribution is 0.102. The highest BCUT2D eigenvalue weighted by molar-refractivity contribution is 6.04. The summed E-state index contributed by atoms with van der Waals surface area (Å²) in [5.41, 5.74) is 2.33. The van der Waals surface area contributed by atoms with Crippen LogP contribution in [0.3, 0.4) is 0 Å². The van der Waals surface area contributed by atoms with Crippen LogP contribution in [0.4, 0.5) is 11.5 Å². The van der Waals surface area contributed by atoms with E-state index in [2.05, 4.69) is 21.3 Å². The average molecular weight is 430 g/mol. The smallest absolute Gasteiger partial charge is 0.255 e. The van der Waals surface area contributed by atoms with Crippen LogP contribution in [-0.2, 0) is 6.54 Å². The Kier molecular flexibility index (Phi) is 4.38. The number of hydrogen-bond donors (Lipinski definition) is 1. The van der Waals surface area contributed by atoms with E-state index in [4.69, 9.17) is 9.47 Å². The van der Waals surface area contributed by atoms with E-state index in [1.165, 1.54) is 0 Å². The van der Waals surface area contributed by atoms with Crippen LogP contribution in [0.15, 0.2) is 59.5 Å². The van der Waals surface area contributed by atoms with Gasteiger partial charge >= 0.3 is 0 Å². The van der Waals surface area contributed by atoms with Crippen LogP contribution in [0, 0.1) is 5.92 Å². The topological polar surface area (TPSA) is 85.7 Å². The number of fused-ring (bicyclic) bond motifs is 5. The minimum atomic E-state index is -0.229. The van der Waals surface area contributed by atoms with Gasteiger partial charge in [-0.05, 0) is 48.7 Å². The Morgan fingerprint density at radius 3 is 2.81 bits per heavy atom. The van der Waals surface area contributed by atoms with E-state index < -0.39 is 0 Å². The first-order chi connectivity index (χ1) is 15.6. The minimum absolute atomic E-state index is 0.0892. The van der Waals surface area contributed by atoms with Gasteiger partial charge in [0.15, 0.2) is 11.5 Å². The van der Waals surface area contributed by atoms with Crippen molar-refractivity contribution in [2.75, 3.05) is 30.1 Å². The summed E-state index contributed by atoms with van der Waals surface area (Å²) in [6.45, 7) is 2.63. The Bertz CT molecular complexity index is 1250. The second kappa shape index (κ2) is 7.40. The van der Waals surface area contributed by atoms with Crippen molar-refractivity contribution in [2.45, 2.75) is 18.9 Å². The van der Waals surface area contributed by atoms with E-state index in [-0.39, 0.29) is 18.3 Å². The third kappa shape index (κ3) is 3.28. The highest BCUT2D eigenvalue weighted by Gasteiger charge is 2.34. The maximum absolute atomic E-state index is 12.6.